The summed E-state index contributed by atoms with van der Waals surface area (Å²) in [6, 6.07) is -0.883. The van der Waals surface area contributed by atoms with E-state index in [0.717, 1.165) is 57.8 Å². The predicted molar refractivity (Wildman–Crippen MR) is 321 cm³/mol. The number of ether oxygens (including phenoxy) is 1. The Labute approximate surface area is 466 Å². The van der Waals surface area contributed by atoms with Crippen LogP contribution in [0.4, 0.5) is 0 Å². The van der Waals surface area contributed by atoms with Crippen LogP contribution in [-0.4, -0.2) is 69.4 Å². The number of rotatable bonds is 60. The van der Waals surface area contributed by atoms with Crippen molar-refractivity contribution in [2.45, 2.75) is 341 Å². The molecule has 0 aliphatic heterocycles. The number of esters is 1. The van der Waals surface area contributed by atoms with Crippen molar-refractivity contribution < 1.29 is 37.3 Å². The highest BCUT2D eigenvalue weighted by Gasteiger charge is 2.27. The van der Waals surface area contributed by atoms with Crippen LogP contribution >= 0.6 is 7.82 Å². The molecular formula is C65H127N2O7P. The standard InChI is InChI=1S/C65H127N2O7P/c1-7-10-13-16-19-22-25-27-29-31-33-35-37-39-42-45-48-51-54-57-64(68)66-62(61-73-75(70,71)72-60-59-67(4,5)6)63(56-53-50-47-44-41-24-21-18-15-12-9-3)74-65(69)58-55-52-49-46-43-40-38-36-34-32-30-28-26-23-20-17-14-11-8-2/h28,30,53,56,62-63H,7-27,29,31-52,54-55,57-61H2,1-6H3,(H-,66,68,70,71)/b30-28+,56-53+. The molecule has 0 spiro atoms. The van der Waals surface area contributed by atoms with E-state index in [2.05, 4.69) is 38.2 Å². The molecule has 0 aromatic heterocycles. The van der Waals surface area contributed by atoms with Crippen molar-refractivity contribution in [1.82, 2.24) is 5.32 Å². The van der Waals surface area contributed by atoms with Crippen molar-refractivity contribution in [3.63, 3.8) is 0 Å². The zero-order chi connectivity index (χ0) is 55.0. The molecule has 1 N–H and O–H groups in total. The molecule has 0 aliphatic carbocycles. The first kappa shape index (κ1) is 73.5. The highest BCUT2D eigenvalue weighted by molar-refractivity contribution is 7.45. The Morgan fingerprint density at radius 1 is 0.453 bits per heavy atom. The van der Waals surface area contributed by atoms with Gasteiger partial charge in [-0.1, -0.05) is 283 Å². The summed E-state index contributed by atoms with van der Waals surface area (Å²) in [5, 5.41) is 3.04. The van der Waals surface area contributed by atoms with Crippen molar-refractivity contribution >= 4 is 19.7 Å². The van der Waals surface area contributed by atoms with Crippen LogP contribution in [0.3, 0.4) is 0 Å². The lowest BCUT2D eigenvalue weighted by Gasteiger charge is -2.30. The number of unbranched alkanes of at least 4 members (excludes halogenated alkanes) is 42. The minimum atomic E-state index is -4.69. The van der Waals surface area contributed by atoms with E-state index >= 15 is 0 Å². The molecule has 75 heavy (non-hydrogen) atoms. The fourth-order valence-corrected chi connectivity index (χ4v) is 10.5. The topological polar surface area (TPSA) is 114 Å². The van der Waals surface area contributed by atoms with Gasteiger partial charge in [0.15, 0.2) is 0 Å². The average molecular weight is 1080 g/mol. The number of nitrogens with one attached hydrogen (secondary N) is 1. The van der Waals surface area contributed by atoms with Crippen LogP contribution in [0.15, 0.2) is 24.3 Å². The maximum atomic E-state index is 13.5. The van der Waals surface area contributed by atoms with Crippen molar-refractivity contribution in [3.8, 4) is 0 Å². The van der Waals surface area contributed by atoms with Crippen LogP contribution < -0.4 is 10.2 Å². The monoisotopic (exact) mass is 1080 g/mol. The third kappa shape index (κ3) is 57.0. The molecule has 444 valence electrons. The summed E-state index contributed by atoms with van der Waals surface area (Å²) in [7, 11) is 1.20. The van der Waals surface area contributed by atoms with Crippen LogP contribution in [0.5, 0.6) is 0 Å². The first-order valence-electron chi connectivity index (χ1n) is 32.6. The lowest BCUT2D eigenvalue weighted by molar-refractivity contribution is -0.870. The lowest BCUT2D eigenvalue weighted by Crippen LogP contribution is -2.47. The summed E-state index contributed by atoms with van der Waals surface area (Å²) in [4.78, 5) is 40.0. The second kappa shape index (κ2) is 55.8. The van der Waals surface area contributed by atoms with Crippen molar-refractivity contribution in [2.24, 2.45) is 0 Å². The number of amides is 1. The molecule has 0 aromatic carbocycles. The van der Waals surface area contributed by atoms with Gasteiger partial charge in [-0.05, 0) is 57.4 Å². The predicted octanol–water partition coefficient (Wildman–Crippen LogP) is 19.5. The first-order chi connectivity index (χ1) is 36.4. The first-order valence-corrected chi connectivity index (χ1v) is 34.1. The van der Waals surface area contributed by atoms with Gasteiger partial charge in [0.1, 0.15) is 19.3 Å². The number of hydrogen-bond acceptors (Lipinski definition) is 7. The summed E-state index contributed by atoms with van der Waals surface area (Å²) in [5.74, 6) is -0.525. The quantitative estimate of drug-likeness (QED) is 0.0212. The maximum Gasteiger partial charge on any atom is 0.306 e. The maximum absolute atomic E-state index is 13.5. The smallest absolute Gasteiger partial charge is 0.306 e. The van der Waals surface area contributed by atoms with E-state index in [9.17, 15) is 19.0 Å². The second-order valence-electron chi connectivity index (χ2n) is 23.6. The van der Waals surface area contributed by atoms with Gasteiger partial charge in [-0.3, -0.25) is 14.2 Å². The zero-order valence-corrected chi connectivity index (χ0v) is 51.7. The Morgan fingerprint density at radius 3 is 1.13 bits per heavy atom. The third-order valence-corrected chi connectivity index (χ3v) is 15.8. The average Bonchev–Trinajstić information content (AvgIpc) is 3.37. The molecule has 3 unspecified atom stereocenters. The van der Waals surface area contributed by atoms with E-state index in [-0.39, 0.29) is 31.5 Å². The number of carbonyl (C=O) groups is 2. The van der Waals surface area contributed by atoms with Crippen molar-refractivity contribution in [2.75, 3.05) is 40.9 Å². The normalized spacial score (nSPS) is 13.7. The van der Waals surface area contributed by atoms with E-state index < -0.39 is 20.0 Å². The molecule has 1 amide bonds. The molecule has 0 heterocycles. The van der Waals surface area contributed by atoms with Gasteiger partial charge in [0, 0.05) is 12.8 Å². The molecule has 10 heteroatoms. The highest BCUT2D eigenvalue weighted by Crippen LogP contribution is 2.38. The zero-order valence-electron chi connectivity index (χ0n) is 50.8. The molecular weight excluding hydrogens is 952 g/mol. The minimum absolute atomic E-state index is 0.0188. The fraction of sp³-hybridized carbons (Fsp3) is 0.908. The highest BCUT2D eigenvalue weighted by atomic mass is 31.2. The number of phosphoric ester groups is 1. The third-order valence-electron chi connectivity index (χ3n) is 14.9. The molecule has 0 bridgehead atoms. The summed E-state index contributed by atoms with van der Waals surface area (Å²) in [6.45, 7) is 6.88. The van der Waals surface area contributed by atoms with E-state index in [1.807, 2.05) is 33.3 Å². The Morgan fingerprint density at radius 2 is 0.773 bits per heavy atom. The fourth-order valence-electron chi connectivity index (χ4n) is 9.81. The van der Waals surface area contributed by atoms with Gasteiger partial charge in [-0.25, -0.2) is 0 Å². The van der Waals surface area contributed by atoms with Crippen LogP contribution in [0, 0.1) is 0 Å². The molecule has 0 radical (unpaired) electrons. The SMILES string of the molecule is CCCCCCCC/C=C/CCCCCCCCCCCC(=O)OC(/C=C/CCCCCCCCCCC)C(COP(=O)([O-])OCC[N+](C)(C)C)NC(=O)CCCCCCCCCCCCCCCCCCCCC. The summed E-state index contributed by atoms with van der Waals surface area (Å²) >= 11 is 0. The molecule has 0 aromatic rings. The van der Waals surface area contributed by atoms with Gasteiger partial charge in [0.2, 0.25) is 5.91 Å². The molecule has 0 saturated carbocycles. The number of likely N-dealkylation sites (N-methyl/N-ethyl adjacent to an activating group) is 1. The summed E-state index contributed by atoms with van der Waals surface area (Å²) in [6.07, 6.45) is 65.7. The van der Waals surface area contributed by atoms with Crippen LogP contribution in [0.1, 0.15) is 329 Å². The van der Waals surface area contributed by atoms with E-state index in [1.165, 1.54) is 238 Å². The number of nitrogens with zero attached hydrogens (tertiary/aromatic N) is 1. The van der Waals surface area contributed by atoms with E-state index in [0.29, 0.717) is 17.4 Å². The van der Waals surface area contributed by atoms with Gasteiger partial charge in [-0.15, -0.1) is 0 Å². The van der Waals surface area contributed by atoms with Crippen LogP contribution in [0.25, 0.3) is 0 Å². The number of carbonyl (C=O) groups excluding carboxylic acids is 2. The van der Waals surface area contributed by atoms with Crippen LogP contribution in [-0.2, 0) is 27.9 Å². The second-order valence-corrected chi connectivity index (χ2v) is 25.0. The van der Waals surface area contributed by atoms with Crippen molar-refractivity contribution in [1.29, 1.82) is 0 Å². The van der Waals surface area contributed by atoms with Gasteiger partial charge >= 0.3 is 5.97 Å². The van der Waals surface area contributed by atoms with E-state index in [4.69, 9.17) is 13.8 Å². The van der Waals surface area contributed by atoms with Gasteiger partial charge in [-0.2, -0.15) is 0 Å². The molecule has 0 fully saturated rings. The number of hydrogen-bond donors (Lipinski definition) is 1. The summed E-state index contributed by atoms with van der Waals surface area (Å²) < 4.78 is 30.3. The van der Waals surface area contributed by atoms with Gasteiger partial charge in [0.05, 0.1) is 33.8 Å². The van der Waals surface area contributed by atoms with Crippen molar-refractivity contribution in [3.05, 3.63) is 24.3 Å². The molecule has 0 aliphatic rings. The Kier molecular flexibility index (Phi) is 54.7. The summed E-state index contributed by atoms with van der Waals surface area (Å²) in [5.41, 5.74) is 0. The number of allylic oxidation sites excluding steroid dienone is 3. The van der Waals surface area contributed by atoms with Gasteiger partial charge < -0.3 is 28.5 Å². The minimum Gasteiger partial charge on any atom is -0.756 e. The van der Waals surface area contributed by atoms with Gasteiger partial charge in [0.25, 0.3) is 7.82 Å². The van der Waals surface area contributed by atoms with Crippen LogP contribution in [0.2, 0.25) is 0 Å². The Balaban J connectivity index is 5.13. The molecule has 0 rings (SSSR count). The molecule has 0 saturated heterocycles. The number of phosphoric acid groups is 1. The Hall–Kier alpha value is -1.51. The Bertz CT molecular complexity index is 1340. The lowest BCUT2D eigenvalue weighted by atomic mass is 10.0. The number of quaternary nitrogens is 1. The largest absolute Gasteiger partial charge is 0.756 e. The molecule has 3 atom stereocenters. The van der Waals surface area contributed by atoms with E-state index in [1.54, 1.807) is 0 Å². The molecule has 9 nitrogen and oxygen atoms in total.